The lowest BCUT2D eigenvalue weighted by molar-refractivity contribution is 0.601. The van der Waals surface area contributed by atoms with E-state index in [1.165, 1.54) is 17.1 Å². The number of anilines is 1. The number of amidine groups is 1. The smallest absolute Gasteiger partial charge is 0.265 e. The normalized spacial score (nSPS) is 16.8. The summed E-state index contributed by atoms with van der Waals surface area (Å²) in [6.07, 6.45) is 2.79. The summed E-state index contributed by atoms with van der Waals surface area (Å²) in [5, 5.41) is 7.00. The maximum absolute atomic E-state index is 12.3. The summed E-state index contributed by atoms with van der Waals surface area (Å²) in [6.45, 7) is 1.71. The molecule has 3 heterocycles. The van der Waals surface area contributed by atoms with Gasteiger partial charge >= 0.3 is 0 Å². The first kappa shape index (κ1) is 15.3. The molecule has 0 amide bonds. The second-order valence-electron chi connectivity index (χ2n) is 5.47. The quantitative estimate of drug-likeness (QED) is 0.900. The number of aliphatic imine (C=N–C) groups is 1. The first-order valence-corrected chi connectivity index (χ1v) is 9.70. The van der Waals surface area contributed by atoms with Gasteiger partial charge in [-0.3, -0.25) is 14.4 Å². The summed E-state index contributed by atoms with van der Waals surface area (Å²) in [4.78, 5) is 6.75. The largest absolute Gasteiger partial charge is 0.318 e. The van der Waals surface area contributed by atoms with Gasteiger partial charge in [0.05, 0.1) is 18.4 Å². The van der Waals surface area contributed by atoms with Gasteiger partial charge in [0.15, 0.2) is 5.17 Å². The number of thioether (sulfide) groups is 1. The molecule has 1 aromatic carbocycles. The van der Waals surface area contributed by atoms with Crippen molar-refractivity contribution in [3.8, 4) is 0 Å². The van der Waals surface area contributed by atoms with Crippen LogP contribution >= 0.6 is 11.8 Å². The van der Waals surface area contributed by atoms with Gasteiger partial charge in [-0.05, 0) is 17.7 Å². The number of aromatic nitrogens is 2. The molecule has 0 spiro atoms. The molecule has 0 aliphatic carbocycles. The molecule has 1 aromatic heterocycles. The topological polar surface area (TPSA) is 79.6 Å². The lowest BCUT2D eigenvalue weighted by Crippen LogP contribution is -2.19. The van der Waals surface area contributed by atoms with E-state index < -0.39 is 10.0 Å². The van der Waals surface area contributed by atoms with Crippen LogP contribution in [0.4, 0.5) is 5.69 Å². The summed E-state index contributed by atoms with van der Waals surface area (Å²) < 4.78 is 28.6. The molecular weight excluding hydrogens is 346 g/mol. The summed E-state index contributed by atoms with van der Waals surface area (Å²) in [5.41, 5.74) is 2.67. The minimum atomic E-state index is -3.62. The zero-order chi connectivity index (χ0) is 16.7. The van der Waals surface area contributed by atoms with Gasteiger partial charge in [0, 0.05) is 30.9 Å². The average Bonchev–Trinajstić information content (AvgIpc) is 3.24. The number of benzene rings is 1. The molecule has 0 unspecified atom stereocenters. The Kier molecular flexibility index (Phi) is 3.61. The number of aryl methyl sites for hydroxylation is 1. The molecule has 0 saturated carbocycles. The summed E-state index contributed by atoms with van der Waals surface area (Å²) in [5.74, 6) is 0. The van der Waals surface area contributed by atoms with Gasteiger partial charge in [-0.25, -0.2) is 8.42 Å². The van der Waals surface area contributed by atoms with Crippen LogP contribution in [0.15, 0.2) is 52.0 Å². The highest BCUT2D eigenvalue weighted by atomic mass is 32.2. The van der Waals surface area contributed by atoms with Crippen molar-refractivity contribution in [1.29, 1.82) is 0 Å². The number of nitrogens with one attached hydrogen (secondary N) is 1. The molecule has 2 aromatic rings. The maximum Gasteiger partial charge on any atom is 0.265 e. The van der Waals surface area contributed by atoms with Crippen molar-refractivity contribution in [2.24, 2.45) is 12.0 Å². The number of sulfonamides is 1. The molecule has 9 heteroatoms. The molecule has 4 rings (SSSR count). The van der Waals surface area contributed by atoms with E-state index in [0.29, 0.717) is 5.69 Å². The second-order valence-corrected chi connectivity index (χ2v) is 7.99. The highest BCUT2D eigenvalue weighted by molar-refractivity contribution is 8.16. The molecule has 0 atom stereocenters. The van der Waals surface area contributed by atoms with Crippen LogP contribution in [0.3, 0.4) is 0 Å². The Bertz CT molecular complexity index is 944. The third-order valence-corrected chi connectivity index (χ3v) is 6.03. The van der Waals surface area contributed by atoms with Gasteiger partial charge < -0.3 is 4.90 Å². The molecular formula is C15H15N5O2S2. The number of fused-ring (bicyclic) bond motifs is 1. The van der Waals surface area contributed by atoms with E-state index >= 15 is 0 Å². The molecule has 0 fully saturated rings. The summed E-state index contributed by atoms with van der Waals surface area (Å²) >= 11 is 1.62. The van der Waals surface area contributed by atoms with Crippen molar-refractivity contribution in [2.75, 3.05) is 17.8 Å². The van der Waals surface area contributed by atoms with Crippen molar-refractivity contribution in [3.05, 3.63) is 47.6 Å². The van der Waals surface area contributed by atoms with E-state index in [4.69, 9.17) is 0 Å². The van der Waals surface area contributed by atoms with Crippen LogP contribution in [0.25, 0.3) is 5.70 Å². The Balaban J connectivity index is 1.53. The van der Waals surface area contributed by atoms with Crippen molar-refractivity contribution in [1.82, 2.24) is 14.7 Å². The van der Waals surface area contributed by atoms with Crippen molar-refractivity contribution >= 4 is 38.3 Å². The number of rotatable bonds is 4. The first-order chi connectivity index (χ1) is 11.5. The van der Waals surface area contributed by atoms with Crippen molar-refractivity contribution < 1.29 is 8.42 Å². The van der Waals surface area contributed by atoms with E-state index in [0.717, 1.165) is 29.5 Å². The van der Waals surface area contributed by atoms with Gasteiger partial charge in [-0.1, -0.05) is 23.9 Å². The Morgan fingerprint density at radius 1 is 1.25 bits per heavy atom. The third kappa shape index (κ3) is 2.69. The lowest BCUT2D eigenvalue weighted by Gasteiger charge is -2.17. The van der Waals surface area contributed by atoms with Crippen LogP contribution in [0.2, 0.25) is 0 Å². The predicted octanol–water partition coefficient (Wildman–Crippen LogP) is 1.94. The summed E-state index contributed by atoms with van der Waals surface area (Å²) in [6, 6.07) is 7.35. The molecule has 1 N–H and O–H groups in total. The average molecular weight is 361 g/mol. The number of hydrogen-bond donors (Lipinski definition) is 1. The van der Waals surface area contributed by atoms with Crippen LogP contribution < -0.4 is 4.72 Å². The third-order valence-electron chi connectivity index (χ3n) is 3.79. The minimum absolute atomic E-state index is 0.141. The second kappa shape index (κ2) is 5.67. The van der Waals surface area contributed by atoms with E-state index in [1.54, 1.807) is 30.9 Å². The number of hydrogen-bond acceptors (Lipinski definition) is 6. The molecule has 7 nitrogen and oxygen atoms in total. The molecule has 2 aliphatic heterocycles. The molecule has 2 aliphatic rings. The van der Waals surface area contributed by atoms with E-state index in [9.17, 15) is 8.42 Å². The first-order valence-electron chi connectivity index (χ1n) is 7.34. The molecule has 0 bridgehead atoms. The van der Waals surface area contributed by atoms with E-state index in [2.05, 4.69) is 25.1 Å². The molecule has 0 radical (unpaired) electrons. The van der Waals surface area contributed by atoms with Gasteiger partial charge in [0.1, 0.15) is 4.90 Å². The zero-order valence-corrected chi connectivity index (χ0v) is 14.5. The van der Waals surface area contributed by atoms with Gasteiger partial charge in [0.2, 0.25) is 0 Å². The van der Waals surface area contributed by atoms with Crippen LogP contribution in [-0.2, 0) is 17.1 Å². The Hall–Kier alpha value is -2.26. The molecule has 24 heavy (non-hydrogen) atoms. The zero-order valence-electron chi connectivity index (χ0n) is 12.9. The minimum Gasteiger partial charge on any atom is -0.318 e. The Morgan fingerprint density at radius 2 is 2.04 bits per heavy atom. The molecule has 124 valence electrons. The van der Waals surface area contributed by atoms with Crippen LogP contribution in [0, 0.1) is 0 Å². The van der Waals surface area contributed by atoms with E-state index in [1.807, 2.05) is 12.1 Å². The van der Waals surface area contributed by atoms with Gasteiger partial charge in [-0.2, -0.15) is 5.10 Å². The van der Waals surface area contributed by atoms with Crippen LogP contribution in [0.1, 0.15) is 5.56 Å². The fourth-order valence-corrected chi connectivity index (χ4v) is 4.61. The Labute approximate surface area is 144 Å². The fraction of sp³-hybridized carbons (Fsp3) is 0.200. The Morgan fingerprint density at radius 3 is 2.75 bits per heavy atom. The SMILES string of the molecule is Cn1cc(S(=O)(=O)Nc2ccc(C3=CSC4=NCCN34)cc2)cn1. The lowest BCUT2D eigenvalue weighted by atomic mass is 10.1. The van der Waals surface area contributed by atoms with Crippen LogP contribution in [-0.4, -0.2) is 41.4 Å². The van der Waals surface area contributed by atoms with Crippen molar-refractivity contribution in [2.45, 2.75) is 4.90 Å². The standard InChI is InChI=1S/C15H15N5O2S2/c1-19-9-13(8-17-19)24(21,22)18-12-4-2-11(3-5-12)14-10-23-15-16-6-7-20(14)15/h2-5,8-10,18H,6-7H2,1H3. The van der Waals surface area contributed by atoms with Gasteiger partial charge in [0.25, 0.3) is 10.0 Å². The highest BCUT2D eigenvalue weighted by Crippen LogP contribution is 2.35. The fourth-order valence-electron chi connectivity index (χ4n) is 2.61. The van der Waals surface area contributed by atoms with Crippen LogP contribution in [0.5, 0.6) is 0 Å². The predicted molar refractivity (Wildman–Crippen MR) is 95.0 cm³/mol. The highest BCUT2D eigenvalue weighted by Gasteiger charge is 2.27. The van der Waals surface area contributed by atoms with Gasteiger partial charge in [-0.15, -0.1) is 0 Å². The number of nitrogens with zero attached hydrogens (tertiary/aromatic N) is 4. The van der Waals surface area contributed by atoms with E-state index in [-0.39, 0.29) is 4.90 Å². The molecule has 0 saturated heterocycles. The maximum atomic E-state index is 12.3. The van der Waals surface area contributed by atoms with Crippen molar-refractivity contribution in [3.63, 3.8) is 0 Å². The summed E-state index contributed by atoms with van der Waals surface area (Å²) in [7, 11) is -1.94. The monoisotopic (exact) mass is 361 g/mol.